The van der Waals surface area contributed by atoms with E-state index in [0.29, 0.717) is 33.8 Å². The Labute approximate surface area is 115 Å². The number of carbonyl (C=O) groups is 3. The summed E-state index contributed by atoms with van der Waals surface area (Å²) in [5, 5.41) is 5.45. The molecule has 7 heteroatoms. The molecule has 0 spiro atoms. The molecular weight excluding hydrogens is 268 g/mol. The first-order chi connectivity index (χ1) is 9.04. The molecule has 0 atom stereocenters. The highest BCUT2D eigenvalue weighted by Gasteiger charge is 2.21. The summed E-state index contributed by atoms with van der Waals surface area (Å²) in [6.07, 6.45) is 0.621. The number of anilines is 1. The van der Waals surface area contributed by atoms with Gasteiger partial charge in [0.25, 0.3) is 0 Å². The van der Waals surface area contributed by atoms with E-state index in [2.05, 4.69) is 10.6 Å². The van der Waals surface area contributed by atoms with Gasteiger partial charge in [-0.25, -0.2) is 9.59 Å². The standard InChI is InChI=1S/C12H16N2O4S/c1-4-13-12(17)14-10-8(6-15)7(3)9(19-10)11(16)18-5-2/h6H,4-5H2,1-3H3,(H2,13,14,17). The van der Waals surface area contributed by atoms with Gasteiger partial charge in [0.05, 0.1) is 12.2 Å². The van der Waals surface area contributed by atoms with Gasteiger partial charge in [0.1, 0.15) is 9.88 Å². The van der Waals surface area contributed by atoms with E-state index >= 15 is 0 Å². The minimum Gasteiger partial charge on any atom is -0.462 e. The van der Waals surface area contributed by atoms with Gasteiger partial charge in [-0.3, -0.25) is 10.1 Å². The average molecular weight is 284 g/mol. The number of urea groups is 1. The van der Waals surface area contributed by atoms with Crippen molar-refractivity contribution in [3.05, 3.63) is 16.0 Å². The van der Waals surface area contributed by atoms with E-state index in [4.69, 9.17) is 4.74 Å². The number of thiophene rings is 1. The molecule has 0 aromatic carbocycles. The van der Waals surface area contributed by atoms with E-state index in [1.54, 1.807) is 20.8 Å². The monoisotopic (exact) mass is 284 g/mol. The van der Waals surface area contributed by atoms with E-state index in [1.165, 1.54) is 0 Å². The van der Waals surface area contributed by atoms with Gasteiger partial charge < -0.3 is 10.1 Å². The van der Waals surface area contributed by atoms with Crippen molar-refractivity contribution in [2.45, 2.75) is 20.8 Å². The summed E-state index contributed by atoms with van der Waals surface area (Å²) in [5.74, 6) is -0.489. The average Bonchev–Trinajstić information content (AvgIpc) is 2.66. The first-order valence-corrected chi connectivity index (χ1v) is 6.67. The predicted octanol–water partition coefficient (Wildman–Crippen LogP) is 2.19. The van der Waals surface area contributed by atoms with Crippen LogP contribution >= 0.6 is 11.3 Å². The lowest BCUT2D eigenvalue weighted by molar-refractivity contribution is 0.0531. The number of amides is 2. The van der Waals surface area contributed by atoms with Crippen LogP contribution in [0.3, 0.4) is 0 Å². The number of aldehydes is 1. The lowest BCUT2D eigenvalue weighted by Gasteiger charge is -2.03. The van der Waals surface area contributed by atoms with Crippen LogP contribution in [0.25, 0.3) is 0 Å². The molecule has 19 heavy (non-hydrogen) atoms. The van der Waals surface area contributed by atoms with Gasteiger partial charge in [0, 0.05) is 6.54 Å². The Morgan fingerprint density at radius 2 is 2.05 bits per heavy atom. The van der Waals surface area contributed by atoms with E-state index < -0.39 is 12.0 Å². The maximum Gasteiger partial charge on any atom is 0.348 e. The number of hydrogen-bond acceptors (Lipinski definition) is 5. The van der Waals surface area contributed by atoms with Crippen molar-refractivity contribution >= 4 is 34.6 Å². The predicted molar refractivity (Wildman–Crippen MR) is 73.1 cm³/mol. The Morgan fingerprint density at radius 1 is 1.37 bits per heavy atom. The van der Waals surface area contributed by atoms with Crippen molar-refractivity contribution in [3.63, 3.8) is 0 Å². The Balaban J connectivity index is 3.05. The molecule has 1 heterocycles. The molecule has 0 aliphatic rings. The van der Waals surface area contributed by atoms with E-state index in [-0.39, 0.29) is 6.61 Å². The van der Waals surface area contributed by atoms with Crippen LogP contribution < -0.4 is 10.6 Å². The molecule has 0 fully saturated rings. The van der Waals surface area contributed by atoms with Gasteiger partial charge in [-0.1, -0.05) is 0 Å². The fourth-order valence-electron chi connectivity index (χ4n) is 1.46. The van der Waals surface area contributed by atoms with Gasteiger partial charge >= 0.3 is 12.0 Å². The maximum absolute atomic E-state index is 11.7. The second-order valence-corrected chi connectivity index (χ2v) is 4.64. The fourth-order valence-corrected chi connectivity index (χ4v) is 2.52. The summed E-state index contributed by atoms with van der Waals surface area (Å²) in [5.41, 5.74) is 0.824. The summed E-state index contributed by atoms with van der Waals surface area (Å²) < 4.78 is 4.90. The molecule has 0 aliphatic carbocycles. The molecule has 1 aromatic heterocycles. The Morgan fingerprint density at radius 3 is 2.58 bits per heavy atom. The molecule has 0 saturated carbocycles. The lowest BCUT2D eigenvalue weighted by Crippen LogP contribution is -2.28. The van der Waals surface area contributed by atoms with Crippen molar-refractivity contribution < 1.29 is 19.1 Å². The highest BCUT2D eigenvalue weighted by atomic mass is 32.1. The first-order valence-electron chi connectivity index (χ1n) is 5.85. The Hall–Kier alpha value is -1.89. The number of esters is 1. The van der Waals surface area contributed by atoms with Crippen LogP contribution in [0.2, 0.25) is 0 Å². The van der Waals surface area contributed by atoms with Gasteiger partial charge in [0.15, 0.2) is 6.29 Å². The van der Waals surface area contributed by atoms with Crippen molar-refractivity contribution in [1.29, 1.82) is 0 Å². The Kier molecular flexibility index (Phi) is 5.50. The van der Waals surface area contributed by atoms with Gasteiger partial charge in [-0.15, -0.1) is 11.3 Å². The Bertz CT molecular complexity index is 496. The summed E-state index contributed by atoms with van der Waals surface area (Å²) in [6, 6.07) is -0.415. The van der Waals surface area contributed by atoms with Gasteiger partial charge in [-0.05, 0) is 26.3 Å². The summed E-state index contributed by atoms with van der Waals surface area (Å²) in [6.45, 7) is 5.86. The molecule has 0 bridgehead atoms. The fraction of sp³-hybridized carbons (Fsp3) is 0.417. The lowest BCUT2D eigenvalue weighted by atomic mass is 10.2. The molecule has 0 aliphatic heterocycles. The third kappa shape index (κ3) is 3.54. The van der Waals surface area contributed by atoms with Crippen LogP contribution in [0.15, 0.2) is 0 Å². The molecule has 0 saturated heterocycles. The maximum atomic E-state index is 11.7. The molecule has 2 amide bonds. The zero-order valence-electron chi connectivity index (χ0n) is 11.0. The van der Waals surface area contributed by atoms with Crippen LogP contribution in [-0.4, -0.2) is 31.4 Å². The van der Waals surface area contributed by atoms with Crippen LogP contribution in [-0.2, 0) is 4.74 Å². The highest BCUT2D eigenvalue weighted by molar-refractivity contribution is 7.18. The van der Waals surface area contributed by atoms with Crippen LogP contribution in [0.1, 0.15) is 39.4 Å². The van der Waals surface area contributed by atoms with Gasteiger partial charge in [-0.2, -0.15) is 0 Å². The zero-order chi connectivity index (χ0) is 14.4. The van der Waals surface area contributed by atoms with Crippen molar-refractivity contribution in [1.82, 2.24) is 5.32 Å². The molecule has 1 aromatic rings. The van der Waals surface area contributed by atoms with E-state index in [9.17, 15) is 14.4 Å². The third-order valence-corrected chi connectivity index (χ3v) is 3.54. The van der Waals surface area contributed by atoms with Crippen molar-refractivity contribution in [3.8, 4) is 0 Å². The molecular formula is C12H16N2O4S. The molecule has 2 N–H and O–H groups in total. The second kappa shape index (κ2) is 6.89. The summed E-state index contributed by atoms with van der Waals surface area (Å²) in [4.78, 5) is 34.5. The van der Waals surface area contributed by atoms with Crippen LogP contribution in [0, 0.1) is 6.92 Å². The number of carbonyl (C=O) groups excluding carboxylic acids is 3. The molecule has 0 radical (unpaired) electrons. The van der Waals surface area contributed by atoms with Gasteiger partial charge in [0.2, 0.25) is 0 Å². The smallest absolute Gasteiger partial charge is 0.348 e. The highest BCUT2D eigenvalue weighted by Crippen LogP contribution is 2.32. The van der Waals surface area contributed by atoms with Crippen molar-refractivity contribution in [2.75, 3.05) is 18.5 Å². The van der Waals surface area contributed by atoms with Crippen molar-refractivity contribution in [2.24, 2.45) is 0 Å². The molecule has 0 unspecified atom stereocenters. The number of nitrogens with one attached hydrogen (secondary N) is 2. The zero-order valence-corrected chi connectivity index (χ0v) is 11.8. The topological polar surface area (TPSA) is 84.5 Å². The molecule has 6 nitrogen and oxygen atoms in total. The summed E-state index contributed by atoms with van der Waals surface area (Å²) >= 11 is 1.04. The third-order valence-electron chi connectivity index (χ3n) is 2.34. The molecule has 1 rings (SSSR count). The van der Waals surface area contributed by atoms with E-state index in [1.807, 2.05) is 0 Å². The minimum absolute atomic E-state index is 0.256. The van der Waals surface area contributed by atoms with E-state index in [0.717, 1.165) is 11.3 Å². The molecule has 104 valence electrons. The second-order valence-electron chi connectivity index (χ2n) is 3.62. The largest absolute Gasteiger partial charge is 0.462 e. The van der Waals surface area contributed by atoms with Crippen LogP contribution in [0.5, 0.6) is 0 Å². The van der Waals surface area contributed by atoms with Crippen LogP contribution in [0.4, 0.5) is 9.80 Å². The quantitative estimate of drug-likeness (QED) is 0.641. The normalized spacial score (nSPS) is 9.84. The number of rotatable bonds is 5. The number of ether oxygens (including phenoxy) is 1. The number of hydrogen-bond donors (Lipinski definition) is 2. The first kappa shape index (κ1) is 15.2. The summed E-state index contributed by atoms with van der Waals surface area (Å²) in [7, 11) is 0. The minimum atomic E-state index is -0.489. The SMILES string of the molecule is CCNC(=O)Nc1sc(C(=O)OCC)c(C)c1C=O.